The van der Waals surface area contributed by atoms with Crippen LogP contribution >= 0.6 is 0 Å². The second-order valence-corrected chi connectivity index (χ2v) is 11.8. The fourth-order valence-corrected chi connectivity index (χ4v) is 5.57. The number of rotatable bonds is 10. The van der Waals surface area contributed by atoms with E-state index in [1.54, 1.807) is 12.0 Å². The largest absolute Gasteiger partial charge is 0.496 e. The first kappa shape index (κ1) is 30.9. The Bertz CT molecular complexity index is 1620. The van der Waals surface area contributed by atoms with Gasteiger partial charge in [-0.05, 0) is 82.5 Å². The summed E-state index contributed by atoms with van der Waals surface area (Å²) in [6.45, 7) is 8.75. The first-order chi connectivity index (χ1) is 21.2. The van der Waals surface area contributed by atoms with Crippen LogP contribution < -0.4 is 14.4 Å². The summed E-state index contributed by atoms with van der Waals surface area (Å²) in [7, 11) is 1.63. The number of methoxy groups -OCH3 is 1. The minimum atomic E-state index is -0.571. The number of fused-ring (bicyclic) bond motifs is 2. The molecule has 5 rings (SSSR count). The molecule has 9 nitrogen and oxygen atoms in total. The van der Waals surface area contributed by atoms with Gasteiger partial charge in [-0.3, -0.25) is 9.69 Å². The second-order valence-electron chi connectivity index (χ2n) is 11.8. The molecule has 1 atom stereocenters. The summed E-state index contributed by atoms with van der Waals surface area (Å²) in [4.78, 5) is 31.9. The molecule has 0 fully saturated rings. The van der Waals surface area contributed by atoms with Crippen molar-refractivity contribution in [2.24, 2.45) is 0 Å². The molecule has 0 aliphatic carbocycles. The van der Waals surface area contributed by atoms with Crippen LogP contribution in [0.5, 0.6) is 11.5 Å². The summed E-state index contributed by atoms with van der Waals surface area (Å²) < 4.78 is 24.8. The number of hydrogen-bond donors (Lipinski definition) is 0. The fraction of sp³-hybridized carbons (Fsp3) is 0.400. The predicted molar refractivity (Wildman–Crippen MR) is 170 cm³/mol. The van der Waals surface area contributed by atoms with Gasteiger partial charge in [0, 0.05) is 41.3 Å². The molecule has 3 heterocycles. The highest BCUT2D eigenvalue weighted by atomic mass is 16.6. The Morgan fingerprint density at radius 1 is 1.05 bits per heavy atom. The zero-order valence-corrected chi connectivity index (χ0v) is 26.2. The monoisotopic (exact) mass is 599 g/mol. The van der Waals surface area contributed by atoms with Crippen LogP contribution in [0, 0.1) is 0 Å². The molecule has 0 N–H and O–H groups in total. The quantitative estimate of drug-likeness (QED) is 0.183. The number of para-hydroxylation sites is 1. The molecule has 1 unspecified atom stereocenters. The molecule has 1 aliphatic rings. The van der Waals surface area contributed by atoms with Crippen LogP contribution in [-0.4, -0.2) is 54.1 Å². The van der Waals surface area contributed by atoms with Crippen molar-refractivity contribution >= 4 is 28.8 Å². The molecular weight excluding hydrogens is 558 g/mol. The smallest absolute Gasteiger partial charge is 0.416 e. The number of carbonyl (C=O) groups excluding carboxylic acids is 2. The van der Waals surface area contributed by atoms with Crippen LogP contribution in [0.3, 0.4) is 0 Å². The van der Waals surface area contributed by atoms with Crippen molar-refractivity contribution in [3.8, 4) is 11.5 Å². The van der Waals surface area contributed by atoms with Gasteiger partial charge in [0.05, 0.1) is 32.8 Å². The minimum Gasteiger partial charge on any atom is -0.496 e. The van der Waals surface area contributed by atoms with Crippen LogP contribution in [0.25, 0.3) is 10.9 Å². The Balaban J connectivity index is 1.30. The van der Waals surface area contributed by atoms with E-state index in [4.69, 9.17) is 23.9 Å². The number of amides is 1. The van der Waals surface area contributed by atoms with Gasteiger partial charge < -0.3 is 23.5 Å². The van der Waals surface area contributed by atoms with E-state index in [-0.39, 0.29) is 24.5 Å². The van der Waals surface area contributed by atoms with Gasteiger partial charge in [-0.1, -0.05) is 24.3 Å². The number of hydrogen-bond acceptors (Lipinski definition) is 7. The fourth-order valence-electron chi connectivity index (χ4n) is 5.57. The Kier molecular flexibility index (Phi) is 9.42. The molecule has 0 radical (unpaired) electrons. The number of pyridine rings is 1. The van der Waals surface area contributed by atoms with Crippen molar-refractivity contribution in [3.05, 3.63) is 83.7 Å². The summed E-state index contributed by atoms with van der Waals surface area (Å²) in [6, 6.07) is 19.5. The van der Waals surface area contributed by atoms with Gasteiger partial charge in [-0.15, -0.1) is 0 Å². The van der Waals surface area contributed by atoms with Gasteiger partial charge in [0.25, 0.3) is 0 Å². The molecular formula is C35H41N3O6. The third kappa shape index (κ3) is 7.15. The molecule has 0 bridgehead atoms. The standard InChI is InChI=1S/C35H41N3O6/c1-6-42-32(39)23-30(28-11-7-8-12-31(28)41-5)37-20-17-25-22-27(15-16-29(25)37)43-21-18-26-14-13-24-10-9-19-38(33(24)36-26)34(40)44-35(2,3)4/h7-8,11-17,20,22,30H,6,9-10,18-19,21,23H2,1-5H3. The topological polar surface area (TPSA) is 92.1 Å². The van der Waals surface area contributed by atoms with Crippen molar-refractivity contribution in [1.82, 2.24) is 9.55 Å². The number of benzene rings is 2. The van der Waals surface area contributed by atoms with Crippen molar-refractivity contribution in [3.63, 3.8) is 0 Å². The summed E-state index contributed by atoms with van der Waals surface area (Å²) >= 11 is 0. The maximum Gasteiger partial charge on any atom is 0.416 e. The average Bonchev–Trinajstić information content (AvgIpc) is 3.42. The molecule has 0 saturated carbocycles. The predicted octanol–water partition coefficient (Wildman–Crippen LogP) is 6.90. The van der Waals surface area contributed by atoms with Gasteiger partial charge in [-0.25, -0.2) is 9.78 Å². The van der Waals surface area contributed by atoms with Gasteiger partial charge in [0.1, 0.15) is 22.9 Å². The van der Waals surface area contributed by atoms with Gasteiger partial charge in [-0.2, -0.15) is 0 Å². The van der Waals surface area contributed by atoms with Crippen molar-refractivity contribution in [2.75, 3.05) is 31.8 Å². The maximum atomic E-state index is 12.8. The van der Waals surface area contributed by atoms with Gasteiger partial charge >= 0.3 is 12.1 Å². The Hall–Kier alpha value is -4.53. The van der Waals surface area contributed by atoms with E-state index >= 15 is 0 Å². The first-order valence-corrected chi connectivity index (χ1v) is 15.2. The van der Waals surface area contributed by atoms with E-state index in [1.807, 2.05) is 88.5 Å². The van der Waals surface area contributed by atoms with Crippen LogP contribution in [0.15, 0.2) is 66.9 Å². The van der Waals surface area contributed by atoms with Crippen LogP contribution in [-0.2, 0) is 27.1 Å². The molecule has 0 spiro atoms. The Morgan fingerprint density at radius 2 is 1.86 bits per heavy atom. The number of aryl methyl sites for hydroxylation is 1. The lowest BCUT2D eigenvalue weighted by molar-refractivity contribution is -0.143. The van der Waals surface area contributed by atoms with Crippen LogP contribution in [0.4, 0.5) is 10.6 Å². The van der Waals surface area contributed by atoms with Crippen molar-refractivity contribution in [1.29, 1.82) is 0 Å². The molecule has 9 heteroatoms. The SMILES string of the molecule is CCOC(=O)CC(c1ccccc1OC)n1ccc2cc(OCCc3ccc4c(n3)N(C(=O)OC(C)(C)C)CCC4)ccc21. The molecule has 2 aromatic heterocycles. The van der Waals surface area contributed by atoms with E-state index in [2.05, 4.69) is 10.6 Å². The highest BCUT2D eigenvalue weighted by molar-refractivity contribution is 5.88. The lowest BCUT2D eigenvalue weighted by Gasteiger charge is -2.31. The molecule has 1 aliphatic heterocycles. The summed E-state index contributed by atoms with van der Waals surface area (Å²) in [5.41, 5.74) is 3.21. The van der Waals surface area contributed by atoms with Gasteiger partial charge in [0.2, 0.25) is 0 Å². The number of nitrogens with zero attached hydrogens (tertiary/aromatic N) is 3. The van der Waals surface area contributed by atoms with Gasteiger partial charge in [0.15, 0.2) is 0 Å². The number of carbonyl (C=O) groups is 2. The first-order valence-electron chi connectivity index (χ1n) is 15.2. The zero-order chi connectivity index (χ0) is 31.3. The van der Waals surface area contributed by atoms with Crippen molar-refractivity contribution < 1.29 is 28.5 Å². The second kappa shape index (κ2) is 13.4. The normalized spacial score (nSPS) is 13.7. The summed E-state index contributed by atoms with van der Waals surface area (Å²) in [6.07, 6.45) is 4.14. The Morgan fingerprint density at radius 3 is 2.64 bits per heavy atom. The number of anilines is 1. The molecule has 232 valence electrons. The molecule has 2 aromatic carbocycles. The van der Waals surface area contributed by atoms with E-state index in [1.165, 1.54) is 0 Å². The number of aromatic nitrogens is 2. The maximum absolute atomic E-state index is 12.8. The zero-order valence-electron chi connectivity index (χ0n) is 26.2. The highest BCUT2D eigenvalue weighted by Crippen LogP contribution is 2.35. The van der Waals surface area contributed by atoms with Crippen LogP contribution in [0.1, 0.15) is 63.4 Å². The third-order valence-electron chi connectivity index (χ3n) is 7.53. The number of ether oxygens (including phenoxy) is 4. The summed E-state index contributed by atoms with van der Waals surface area (Å²) in [5, 5.41) is 0.992. The van der Waals surface area contributed by atoms with E-state index < -0.39 is 5.60 Å². The third-order valence-corrected chi connectivity index (χ3v) is 7.53. The highest BCUT2D eigenvalue weighted by Gasteiger charge is 2.29. The lowest BCUT2D eigenvalue weighted by atomic mass is 10.0. The Labute approximate surface area is 258 Å². The molecule has 1 amide bonds. The molecule has 44 heavy (non-hydrogen) atoms. The van der Waals surface area contributed by atoms with E-state index in [9.17, 15) is 9.59 Å². The summed E-state index contributed by atoms with van der Waals surface area (Å²) in [5.74, 6) is 1.87. The average molecular weight is 600 g/mol. The lowest BCUT2D eigenvalue weighted by Crippen LogP contribution is -2.40. The number of esters is 1. The molecule has 0 saturated heterocycles. The van der Waals surface area contributed by atoms with E-state index in [0.29, 0.717) is 37.7 Å². The van der Waals surface area contributed by atoms with E-state index in [0.717, 1.165) is 46.3 Å². The van der Waals surface area contributed by atoms with Crippen molar-refractivity contribution in [2.45, 2.75) is 65.0 Å². The molecule has 4 aromatic rings. The minimum absolute atomic E-state index is 0.176. The van der Waals surface area contributed by atoms with Crippen LogP contribution in [0.2, 0.25) is 0 Å².